The lowest BCUT2D eigenvalue weighted by molar-refractivity contribution is 0.352. The number of fused-ring (bicyclic) bond motifs is 10. The summed E-state index contributed by atoms with van der Waals surface area (Å²) in [6.45, 7) is 19.4. The van der Waals surface area contributed by atoms with E-state index in [9.17, 15) is 0 Å². The van der Waals surface area contributed by atoms with Gasteiger partial charge in [0, 0.05) is 28.3 Å². The van der Waals surface area contributed by atoms with Gasteiger partial charge in [-0.3, -0.25) is 0 Å². The zero-order valence-electron chi connectivity index (χ0n) is 38.1. The van der Waals surface area contributed by atoms with Gasteiger partial charge >= 0.3 is 0 Å². The second-order valence-electron chi connectivity index (χ2n) is 22.0. The van der Waals surface area contributed by atoms with Gasteiger partial charge in [0.1, 0.15) is 0 Å². The van der Waals surface area contributed by atoms with Gasteiger partial charge in [-0.15, -0.1) is 0 Å². The van der Waals surface area contributed by atoms with Crippen molar-refractivity contribution in [2.45, 2.75) is 136 Å². The minimum atomic E-state index is -0.304. The summed E-state index contributed by atoms with van der Waals surface area (Å²) in [5, 5.41) is 0. The third kappa shape index (κ3) is 5.77. The van der Waals surface area contributed by atoms with E-state index >= 15 is 0 Å². The van der Waals surface area contributed by atoms with Crippen molar-refractivity contribution in [1.82, 2.24) is 4.90 Å². The van der Waals surface area contributed by atoms with Crippen LogP contribution in [0.5, 0.6) is 0 Å². The van der Waals surface area contributed by atoms with E-state index in [2.05, 4.69) is 176 Å². The Morgan fingerprint density at radius 3 is 2.26 bits per heavy atom. The van der Waals surface area contributed by atoms with Crippen molar-refractivity contribution >= 4 is 11.1 Å². The summed E-state index contributed by atoms with van der Waals surface area (Å²) in [5.74, 6) is 0.518. The predicted molar refractivity (Wildman–Crippen MR) is 258 cm³/mol. The van der Waals surface area contributed by atoms with Crippen LogP contribution < -0.4 is 0 Å². The molecule has 3 atom stereocenters. The van der Waals surface area contributed by atoms with Gasteiger partial charge in [-0.1, -0.05) is 176 Å². The summed E-state index contributed by atoms with van der Waals surface area (Å²) in [6.07, 6.45) is 39.2. The molecule has 2 aromatic rings. The quantitative estimate of drug-likeness (QED) is 0.298. The van der Waals surface area contributed by atoms with E-state index in [4.69, 9.17) is 0 Å². The van der Waals surface area contributed by atoms with Crippen molar-refractivity contribution in [1.29, 1.82) is 0 Å². The fraction of sp³-hybridized carbons (Fsp3) is 0.400. The van der Waals surface area contributed by atoms with E-state index in [1.165, 1.54) is 39.2 Å². The Balaban J connectivity index is 1.14. The Hall–Kier alpha value is -4.88. The number of hydrogen-bond donors (Lipinski definition) is 0. The Labute approximate surface area is 366 Å². The molecule has 1 heteroatoms. The molecule has 61 heavy (non-hydrogen) atoms. The van der Waals surface area contributed by atoms with E-state index in [-0.39, 0.29) is 27.7 Å². The van der Waals surface area contributed by atoms with Crippen LogP contribution >= 0.6 is 0 Å². The molecule has 0 heterocycles. The van der Waals surface area contributed by atoms with Gasteiger partial charge in [0.15, 0.2) is 0 Å². The first-order valence-electron chi connectivity index (χ1n) is 23.8. The molecule has 0 N–H and O–H groups in total. The molecule has 0 saturated heterocycles. The standard InChI is InChI=1S/C60H65N/c1-57(2,3)39-26-30-47-48-31-27-40(58(4,5)6)35-54(48)60(53(47)34-39)51-24-16-13-22-45(51)49-33-29-42(37-55(49)60)61(56-25-17-14-20-43(56)38-18-10-9-11-19-38)41-28-32-46-44-21-12-15-23-50(44)59(7,8)52(46)36-41/h9-12,15-16,18-20,23-26,30,32,34-37,41,44H,13-14,17,21-22,27-29,31,33H2,1-8H3. The highest BCUT2D eigenvalue weighted by Crippen LogP contribution is 2.66. The van der Waals surface area contributed by atoms with Crippen LogP contribution in [0.15, 0.2) is 177 Å². The van der Waals surface area contributed by atoms with Crippen molar-refractivity contribution in [2.75, 3.05) is 0 Å². The van der Waals surface area contributed by atoms with Crippen LogP contribution in [0.4, 0.5) is 0 Å². The minimum absolute atomic E-state index is 0.0192. The average molecular weight is 800 g/mol. The average Bonchev–Trinajstić information content (AvgIpc) is 3.81. The van der Waals surface area contributed by atoms with Gasteiger partial charge < -0.3 is 4.90 Å². The van der Waals surface area contributed by atoms with E-state index in [0.29, 0.717) is 5.92 Å². The van der Waals surface area contributed by atoms with Gasteiger partial charge in [0.2, 0.25) is 0 Å². The van der Waals surface area contributed by atoms with Crippen LogP contribution in [0.2, 0.25) is 0 Å². The van der Waals surface area contributed by atoms with Gasteiger partial charge in [-0.2, -0.15) is 0 Å². The topological polar surface area (TPSA) is 3.24 Å². The smallest absolute Gasteiger partial charge is 0.0716 e. The normalized spacial score (nSPS) is 27.2. The summed E-state index contributed by atoms with van der Waals surface area (Å²) in [6, 6.07) is 19.1. The molecule has 310 valence electrons. The molecule has 1 nitrogen and oxygen atoms in total. The van der Waals surface area contributed by atoms with Gasteiger partial charge in [-0.05, 0) is 148 Å². The molecule has 11 rings (SSSR count). The van der Waals surface area contributed by atoms with Crippen molar-refractivity contribution in [3.63, 3.8) is 0 Å². The Morgan fingerprint density at radius 2 is 1.46 bits per heavy atom. The van der Waals surface area contributed by atoms with E-state index in [1.54, 1.807) is 55.7 Å². The fourth-order valence-electron chi connectivity index (χ4n) is 13.1. The van der Waals surface area contributed by atoms with Crippen molar-refractivity contribution in [3.8, 4) is 0 Å². The second kappa shape index (κ2) is 13.8. The Morgan fingerprint density at radius 1 is 0.689 bits per heavy atom. The molecule has 0 aliphatic heterocycles. The lowest BCUT2D eigenvalue weighted by atomic mass is 9.64. The number of benzene rings is 2. The monoisotopic (exact) mass is 800 g/mol. The molecule has 1 saturated carbocycles. The maximum atomic E-state index is 2.86. The lowest BCUT2D eigenvalue weighted by Crippen LogP contribution is -2.37. The third-order valence-corrected chi connectivity index (χ3v) is 16.2. The summed E-state index contributed by atoms with van der Waals surface area (Å²) in [4.78, 5) is 2.86. The molecule has 1 fully saturated rings. The molecule has 0 bridgehead atoms. The van der Waals surface area contributed by atoms with Crippen LogP contribution in [0.3, 0.4) is 0 Å². The molecule has 9 aliphatic rings. The molecule has 0 amide bonds. The first-order chi connectivity index (χ1) is 29.3. The Bertz CT molecular complexity index is 2660. The van der Waals surface area contributed by atoms with Crippen molar-refractivity contribution in [2.24, 2.45) is 16.7 Å². The van der Waals surface area contributed by atoms with Gasteiger partial charge in [0.05, 0.1) is 11.5 Å². The summed E-state index contributed by atoms with van der Waals surface area (Å²) in [7, 11) is 0. The Kier molecular flexibility index (Phi) is 8.83. The van der Waals surface area contributed by atoms with Crippen LogP contribution in [0.25, 0.3) is 11.1 Å². The number of rotatable bonds is 4. The molecule has 0 radical (unpaired) electrons. The van der Waals surface area contributed by atoms with E-state index in [1.807, 2.05) is 0 Å². The molecule has 3 unspecified atom stereocenters. The van der Waals surface area contributed by atoms with Crippen LogP contribution in [0, 0.1) is 16.7 Å². The first kappa shape index (κ1) is 39.0. The SMILES string of the molecule is CC(C)(C)C1=CC2=C(CC1)c1ccc(C(C)(C)C)cc1C21C2=C(CCC=C2)C2=C1C=C(N(C1=CCCC=C1c1ccccc1)C1C=C3C(=CC1)C1CC=CC=C1C3(C)C)CC2. The third-order valence-electron chi connectivity index (χ3n) is 16.2. The lowest BCUT2D eigenvalue weighted by Gasteiger charge is -2.42. The number of hydrogen-bond acceptors (Lipinski definition) is 1. The molecule has 2 aromatic carbocycles. The largest absolute Gasteiger partial charge is 0.338 e. The van der Waals surface area contributed by atoms with Gasteiger partial charge in [-0.25, -0.2) is 0 Å². The molecule has 0 aromatic heterocycles. The van der Waals surface area contributed by atoms with Crippen LogP contribution in [-0.2, 0) is 10.8 Å². The van der Waals surface area contributed by atoms with Crippen molar-refractivity contribution in [3.05, 3.63) is 199 Å². The highest BCUT2D eigenvalue weighted by molar-refractivity contribution is 5.92. The molecular weight excluding hydrogens is 735 g/mol. The van der Waals surface area contributed by atoms with Crippen LogP contribution in [0.1, 0.15) is 142 Å². The second-order valence-corrected chi connectivity index (χ2v) is 22.0. The summed E-state index contributed by atoms with van der Waals surface area (Å²) in [5.41, 5.74) is 25.9. The predicted octanol–water partition coefficient (Wildman–Crippen LogP) is 15.6. The highest BCUT2D eigenvalue weighted by atomic mass is 15.2. The number of nitrogens with zero attached hydrogens (tertiary/aromatic N) is 1. The zero-order chi connectivity index (χ0) is 42.1. The molecule has 1 spiro atoms. The summed E-state index contributed by atoms with van der Waals surface area (Å²) < 4.78 is 0. The maximum absolute atomic E-state index is 2.86. The van der Waals surface area contributed by atoms with E-state index < -0.39 is 0 Å². The van der Waals surface area contributed by atoms with Gasteiger partial charge in [0.25, 0.3) is 0 Å². The van der Waals surface area contributed by atoms with Crippen LogP contribution in [-0.4, -0.2) is 10.9 Å². The molecular formula is C60H65N. The first-order valence-corrected chi connectivity index (χ1v) is 23.8. The maximum Gasteiger partial charge on any atom is 0.0716 e. The minimum Gasteiger partial charge on any atom is -0.338 e. The number of allylic oxidation sites excluding steroid dienone is 21. The fourth-order valence-corrected chi connectivity index (χ4v) is 13.1. The van der Waals surface area contributed by atoms with Crippen molar-refractivity contribution < 1.29 is 0 Å². The zero-order valence-corrected chi connectivity index (χ0v) is 38.1. The summed E-state index contributed by atoms with van der Waals surface area (Å²) >= 11 is 0. The van der Waals surface area contributed by atoms with E-state index in [0.717, 1.165) is 64.2 Å². The highest BCUT2D eigenvalue weighted by Gasteiger charge is 2.56. The molecule has 9 aliphatic carbocycles.